The molecule has 1 saturated heterocycles. The molecule has 2 aromatic rings. The Balaban J connectivity index is 1.62. The van der Waals surface area contributed by atoms with Crippen molar-refractivity contribution in [1.29, 1.82) is 0 Å². The summed E-state index contributed by atoms with van der Waals surface area (Å²) in [5, 5.41) is 0. The Bertz CT molecular complexity index is 835. The number of benzene rings is 2. The van der Waals surface area contributed by atoms with Gasteiger partial charge >= 0.3 is 11.9 Å². The summed E-state index contributed by atoms with van der Waals surface area (Å²) in [6.07, 6.45) is -0.844. The van der Waals surface area contributed by atoms with Gasteiger partial charge in [-0.3, -0.25) is 0 Å². The highest BCUT2D eigenvalue weighted by molar-refractivity contribution is 6.19. The second-order valence-corrected chi connectivity index (χ2v) is 6.98. The van der Waals surface area contributed by atoms with E-state index in [1.165, 1.54) is 0 Å². The Labute approximate surface area is 163 Å². The lowest BCUT2D eigenvalue weighted by Gasteiger charge is -2.19. The summed E-state index contributed by atoms with van der Waals surface area (Å²) >= 11 is 6.07. The molecule has 0 N–H and O–H groups in total. The molecule has 1 aliphatic heterocycles. The van der Waals surface area contributed by atoms with Crippen molar-refractivity contribution in [3.05, 3.63) is 70.8 Å². The molecule has 0 bridgehead atoms. The van der Waals surface area contributed by atoms with Gasteiger partial charge in [0.25, 0.3) is 0 Å². The molecule has 0 amide bonds. The number of carbonyl (C=O) groups is 2. The smallest absolute Gasteiger partial charge is 0.338 e. The standard InChI is InChI=1S/C21H21ClO5/c1-13-7-3-5-9-15(13)20(23)25-12-18-17(11-19(22)26-18)27-21(24)16-10-6-4-8-14(16)2/h3-10,17-19H,11-12H2,1-2H3/t17-,18+,19?/m0/s1. The molecule has 2 aromatic carbocycles. The van der Waals surface area contributed by atoms with Gasteiger partial charge in [0.05, 0.1) is 11.1 Å². The Morgan fingerprint density at radius 3 is 2.15 bits per heavy atom. The van der Waals surface area contributed by atoms with Crippen molar-refractivity contribution in [3.8, 4) is 0 Å². The van der Waals surface area contributed by atoms with E-state index >= 15 is 0 Å². The monoisotopic (exact) mass is 388 g/mol. The van der Waals surface area contributed by atoms with Crippen molar-refractivity contribution >= 4 is 23.5 Å². The summed E-state index contributed by atoms with van der Waals surface area (Å²) in [4.78, 5) is 24.7. The third-order valence-electron chi connectivity index (χ3n) is 4.52. The second-order valence-electron chi connectivity index (χ2n) is 6.49. The fourth-order valence-electron chi connectivity index (χ4n) is 2.98. The number of rotatable bonds is 5. The Hall–Kier alpha value is -2.37. The van der Waals surface area contributed by atoms with Crippen LogP contribution in [0.4, 0.5) is 0 Å². The molecule has 0 aromatic heterocycles. The van der Waals surface area contributed by atoms with Gasteiger partial charge in [0, 0.05) is 6.42 Å². The zero-order valence-electron chi connectivity index (χ0n) is 15.2. The number of halogens is 1. The number of alkyl halides is 1. The van der Waals surface area contributed by atoms with Gasteiger partial charge in [-0.1, -0.05) is 48.0 Å². The van der Waals surface area contributed by atoms with Crippen molar-refractivity contribution in [2.45, 2.75) is 38.0 Å². The molecule has 5 nitrogen and oxygen atoms in total. The third kappa shape index (κ3) is 4.67. The van der Waals surface area contributed by atoms with E-state index in [0.717, 1.165) is 11.1 Å². The molecule has 1 heterocycles. The zero-order valence-corrected chi connectivity index (χ0v) is 15.9. The molecular weight excluding hydrogens is 368 g/mol. The van der Waals surface area contributed by atoms with Crippen LogP contribution in [0.5, 0.6) is 0 Å². The molecule has 1 unspecified atom stereocenters. The normalized spacial score (nSPS) is 21.7. The van der Waals surface area contributed by atoms with E-state index in [1.54, 1.807) is 24.3 Å². The average Bonchev–Trinajstić information content (AvgIpc) is 2.99. The summed E-state index contributed by atoms with van der Waals surface area (Å²) in [7, 11) is 0. The average molecular weight is 389 g/mol. The first-order chi connectivity index (χ1) is 13.0. The fraction of sp³-hybridized carbons (Fsp3) is 0.333. The summed E-state index contributed by atoms with van der Waals surface area (Å²) in [6.45, 7) is 3.64. The predicted octanol–water partition coefficient (Wildman–Crippen LogP) is 4.04. The van der Waals surface area contributed by atoms with Crippen LogP contribution in [0, 0.1) is 13.8 Å². The maximum Gasteiger partial charge on any atom is 0.338 e. The number of aryl methyl sites for hydroxylation is 2. The van der Waals surface area contributed by atoms with E-state index < -0.39 is 29.7 Å². The van der Waals surface area contributed by atoms with Crippen LogP contribution in [-0.2, 0) is 14.2 Å². The minimum Gasteiger partial charge on any atom is -0.459 e. The molecule has 6 heteroatoms. The number of carbonyl (C=O) groups excluding carboxylic acids is 2. The van der Waals surface area contributed by atoms with Crippen molar-refractivity contribution < 1.29 is 23.8 Å². The van der Waals surface area contributed by atoms with Gasteiger partial charge in [0.15, 0.2) is 0 Å². The minimum atomic E-state index is -0.603. The number of hydrogen-bond donors (Lipinski definition) is 0. The number of ether oxygens (including phenoxy) is 3. The minimum absolute atomic E-state index is 0.0396. The molecule has 142 valence electrons. The molecule has 0 saturated carbocycles. The SMILES string of the molecule is Cc1ccccc1C(=O)OC[C@H]1OC(Cl)C[C@@H]1OC(=O)c1ccccc1C. The molecule has 27 heavy (non-hydrogen) atoms. The zero-order chi connectivity index (χ0) is 19.4. The molecule has 0 spiro atoms. The first kappa shape index (κ1) is 19.4. The van der Waals surface area contributed by atoms with Gasteiger partial charge in [-0.25, -0.2) is 9.59 Å². The van der Waals surface area contributed by atoms with Crippen molar-refractivity contribution in [3.63, 3.8) is 0 Å². The summed E-state index contributed by atoms with van der Waals surface area (Å²) in [6, 6.07) is 14.3. The first-order valence-electron chi connectivity index (χ1n) is 8.74. The van der Waals surface area contributed by atoms with E-state index in [0.29, 0.717) is 17.5 Å². The highest BCUT2D eigenvalue weighted by atomic mass is 35.5. The van der Waals surface area contributed by atoms with E-state index in [2.05, 4.69) is 0 Å². The Morgan fingerprint density at radius 2 is 1.56 bits per heavy atom. The number of esters is 2. The fourth-order valence-corrected chi connectivity index (χ4v) is 3.29. The van der Waals surface area contributed by atoms with Crippen LogP contribution in [0.15, 0.2) is 48.5 Å². The van der Waals surface area contributed by atoms with Crippen LogP contribution < -0.4 is 0 Å². The quantitative estimate of drug-likeness (QED) is 0.571. The maximum atomic E-state index is 12.4. The molecule has 1 fully saturated rings. The van der Waals surface area contributed by atoms with E-state index in [9.17, 15) is 9.59 Å². The van der Waals surface area contributed by atoms with Crippen molar-refractivity contribution in [2.75, 3.05) is 6.61 Å². The second kappa shape index (κ2) is 8.55. The van der Waals surface area contributed by atoms with Crippen LogP contribution in [0.25, 0.3) is 0 Å². The van der Waals surface area contributed by atoms with Gasteiger partial charge < -0.3 is 14.2 Å². The Kier molecular flexibility index (Phi) is 6.14. The van der Waals surface area contributed by atoms with Crippen molar-refractivity contribution in [1.82, 2.24) is 0 Å². The highest BCUT2D eigenvalue weighted by Crippen LogP contribution is 2.27. The van der Waals surface area contributed by atoms with Gasteiger partial charge in [-0.05, 0) is 37.1 Å². The molecule has 3 rings (SSSR count). The molecule has 0 aliphatic carbocycles. The van der Waals surface area contributed by atoms with Crippen LogP contribution >= 0.6 is 11.6 Å². The van der Waals surface area contributed by atoms with Gasteiger partial charge in [-0.2, -0.15) is 0 Å². The van der Waals surface area contributed by atoms with Crippen LogP contribution in [0.1, 0.15) is 38.3 Å². The van der Waals surface area contributed by atoms with Crippen molar-refractivity contribution in [2.24, 2.45) is 0 Å². The summed E-state index contributed by atoms with van der Waals surface area (Å²) in [5.41, 5.74) is 2.04. The molecule has 3 atom stereocenters. The van der Waals surface area contributed by atoms with Gasteiger partial charge in [0.1, 0.15) is 24.4 Å². The van der Waals surface area contributed by atoms with Gasteiger partial charge in [-0.15, -0.1) is 0 Å². The third-order valence-corrected chi connectivity index (χ3v) is 4.80. The van der Waals surface area contributed by atoms with Gasteiger partial charge in [0.2, 0.25) is 0 Å². The lowest BCUT2D eigenvalue weighted by atomic mass is 10.1. The highest BCUT2D eigenvalue weighted by Gasteiger charge is 2.38. The maximum absolute atomic E-state index is 12.4. The number of hydrogen-bond acceptors (Lipinski definition) is 5. The van der Waals surface area contributed by atoms with Crippen LogP contribution in [0.3, 0.4) is 0 Å². The lowest BCUT2D eigenvalue weighted by molar-refractivity contribution is -0.0323. The first-order valence-corrected chi connectivity index (χ1v) is 9.18. The summed E-state index contributed by atoms with van der Waals surface area (Å²) < 4.78 is 16.5. The van der Waals surface area contributed by atoms with E-state index in [1.807, 2.05) is 38.1 Å². The molecular formula is C21H21ClO5. The molecule has 1 aliphatic rings. The van der Waals surface area contributed by atoms with E-state index in [4.69, 9.17) is 25.8 Å². The van der Waals surface area contributed by atoms with E-state index in [-0.39, 0.29) is 6.61 Å². The Morgan fingerprint density at radius 1 is 1.00 bits per heavy atom. The van der Waals surface area contributed by atoms with Crippen LogP contribution in [-0.4, -0.2) is 36.3 Å². The molecule has 0 radical (unpaired) electrons. The van der Waals surface area contributed by atoms with Crippen LogP contribution in [0.2, 0.25) is 0 Å². The summed E-state index contributed by atoms with van der Waals surface area (Å²) in [5.74, 6) is -0.888. The predicted molar refractivity (Wildman–Crippen MR) is 101 cm³/mol. The lowest BCUT2D eigenvalue weighted by Crippen LogP contribution is -2.32. The topological polar surface area (TPSA) is 61.8 Å². The largest absolute Gasteiger partial charge is 0.459 e.